The zero-order valence-corrected chi connectivity index (χ0v) is 13.7. The third-order valence-electron chi connectivity index (χ3n) is 3.13. The topological polar surface area (TPSA) is 72.5 Å². The molecular weight excluding hydrogens is 314 g/mol. The highest BCUT2D eigenvalue weighted by molar-refractivity contribution is 7.87. The molecule has 2 aromatic rings. The highest BCUT2D eigenvalue weighted by Crippen LogP contribution is 2.22. The Morgan fingerprint density at radius 3 is 2.39 bits per heavy atom. The molecule has 0 aliphatic rings. The third-order valence-corrected chi connectivity index (χ3v) is 4.35. The smallest absolute Gasteiger partial charge is 0.309 e. The van der Waals surface area contributed by atoms with Crippen LogP contribution in [-0.4, -0.2) is 20.1 Å². The number of rotatable bonds is 7. The van der Waals surface area contributed by atoms with Crippen LogP contribution in [0, 0.1) is 0 Å². The number of benzene rings is 2. The van der Waals surface area contributed by atoms with Crippen LogP contribution in [-0.2, 0) is 10.1 Å². The van der Waals surface area contributed by atoms with E-state index in [9.17, 15) is 13.2 Å². The van der Waals surface area contributed by atoms with E-state index in [1.165, 1.54) is 12.1 Å². The number of unbranched alkanes of at least 4 members (excludes halogenated alkanes) is 1. The molecule has 2 rings (SSSR count). The van der Waals surface area contributed by atoms with Gasteiger partial charge in [-0.1, -0.05) is 43.7 Å². The number of hydrogen-bond acceptors (Lipinski definition) is 4. The lowest BCUT2D eigenvalue weighted by atomic mass is 10.2. The summed E-state index contributed by atoms with van der Waals surface area (Å²) in [6.07, 6.45) is 1.26. The Morgan fingerprint density at radius 1 is 1.04 bits per heavy atom. The second-order valence-electron chi connectivity index (χ2n) is 5.01. The van der Waals surface area contributed by atoms with Gasteiger partial charge in [0.15, 0.2) is 5.75 Å². The fourth-order valence-corrected chi connectivity index (χ4v) is 3.09. The SMILES string of the molecule is CCCCS(=O)(=O)Oc1ccccc1C(=O)Nc1ccccc1. The summed E-state index contributed by atoms with van der Waals surface area (Å²) in [5.74, 6) is -0.451. The minimum absolute atomic E-state index is 0.0389. The lowest BCUT2D eigenvalue weighted by Gasteiger charge is -2.11. The second kappa shape index (κ2) is 7.78. The number of hydrogen-bond donors (Lipinski definition) is 1. The summed E-state index contributed by atoms with van der Waals surface area (Å²) in [6, 6.07) is 15.2. The molecule has 0 heterocycles. The number of nitrogens with one attached hydrogen (secondary N) is 1. The molecule has 23 heavy (non-hydrogen) atoms. The van der Waals surface area contributed by atoms with Crippen molar-refractivity contribution < 1.29 is 17.4 Å². The summed E-state index contributed by atoms with van der Waals surface area (Å²) in [6.45, 7) is 1.90. The molecule has 5 nitrogen and oxygen atoms in total. The van der Waals surface area contributed by atoms with Gasteiger partial charge in [-0.3, -0.25) is 4.79 Å². The van der Waals surface area contributed by atoms with Gasteiger partial charge in [-0.15, -0.1) is 0 Å². The van der Waals surface area contributed by atoms with Gasteiger partial charge in [0.1, 0.15) is 0 Å². The molecule has 0 saturated carbocycles. The molecule has 0 aromatic heterocycles. The predicted molar refractivity (Wildman–Crippen MR) is 90.2 cm³/mol. The van der Waals surface area contributed by atoms with Crippen LogP contribution in [0.5, 0.6) is 5.75 Å². The molecule has 0 atom stereocenters. The van der Waals surface area contributed by atoms with Gasteiger partial charge in [0.05, 0.1) is 11.3 Å². The number of carbonyl (C=O) groups is 1. The van der Waals surface area contributed by atoms with Crippen LogP contribution in [0.15, 0.2) is 54.6 Å². The molecule has 0 saturated heterocycles. The predicted octanol–water partition coefficient (Wildman–Crippen LogP) is 3.45. The van der Waals surface area contributed by atoms with Crippen molar-refractivity contribution in [3.8, 4) is 5.75 Å². The number of para-hydroxylation sites is 2. The minimum atomic E-state index is -3.71. The molecule has 1 amide bonds. The lowest BCUT2D eigenvalue weighted by molar-refractivity contribution is 0.102. The quantitative estimate of drug-likeness (QED) is 0.788. The van der Waals surface area contributed by atoms with Crippen LogP contribution in [0.25, 0.3) is 0 Å². The van der Waals surface area contributed by atoms with Gasteiger partial charge in [-0.2, -0.15) is 8.42 Å². The summed E-state index contributed by atoms with van der Waals surface area (Å²) in [5.41, 5.74) is 0.803. The first-order valence-corrected chi connectivity index (χ1v) is 8.97. The largest absolute Gasteiger partial charge is 0.382 e. The van der Waals surface area contributed by atoms with Gasteiger partial charge in [-0.05, 0) is 30.7 Å². The zero-order chi connectivity index (χ0) is 16.7. The van der Waals surface area contributed by atoms with E-state index < -0.39 is 16.0 Å². The summed E-state index contributed by atoms with van der Waals surface area (Å²) in [5, 5.41) is 2.71. The molecule has 0 aliphatic heterocycles. The highest BCUT2D eigenvalue weighted by atomic mass is 32.2. The molecule has 1 N–H and O–H groups in total. The Hall–Kier alpha value is -2.34. The Kier molecular flexibility index (Phi) is 5.76. The minimum Gasteiger partial charge on any atom is -0.382 e. The van der Waals surface area contributed by atoms with Gasteiger partial charge in [0.25, 0.3) is 5.91 Å². The van der Waals surface area contributed by atoms with Crippen molar-refractivity contribution in [3.05, 3.63) is 60.2 Å². The van der Waals surface area contributed by atoms with E-state index in [1.807, 2.05) is 13.0 Å². The number of carbonyl (C=O) groups excluding carboxylic acids is 1. The van der Waals surface area contributed by atoms with E-state index >= 15 is 0 Å². The van der Waals surface area contributed by atoms with Crippen LogP contribution >= 0.6 is 0 Å². The molecule has 0 unspecified atom stereocenters. The van der Waals surface area contributed by atoms with E-state index in [0.29, 0.717) is 12.1 Å². The van der Waals surface area contributed by atoms with Crippen molar-refractivity contribution in [1.82, 2.24) is 0 Å². The Morgan fingerprint density at radius 2 is 1.70 bits per heavy atom. The summed E-state index contributed by atoms with van der Waals surface area (Å²) < 4.78 is 29.0. The van der Waals surface area contributed by atoms with E-state index in [2.05, 4.69) is 5.32 Å². The van der Waals surface area contributed by atoms with Gasteiger partial charge >= 0.3 is 10.1 Å². The van der Waals surface area contributed by atoms with E-state index in [-0.39, 0.29) is 17.1 Å². The van der Waals surface area contributed by atoms with Gasteiger partial charge in [0, 0.05) is 5.69 Å². The molecule has 0 aliphatic carbocycles. The number of anilines is 1. The van der Waals surface area contributed by atoms with Crippen molar-refractivity contribution in [2.24, 2.45) is 0 Å². The first-order chi connectivity index (χ1) is 11.0. The molecule has 6 heteroatoms. The zero-order valence-electron chi connectivity index (χ0n) is 12.9. The lowest BCUT2D eigenvalue weighted by Crippen LogP contribution is -2.18. The summed E-state index contributed by atoms with van der Waals surface area (Å²) in [4.78, 5) is 12.3. The molecule has 0 radical (unpaired) electrons. The molecule has 2 aromatic carbocycles. The van der Waals surface area contributed by atoms with E-state index in [0.717, 1.165) is 6.42 Å². The van der Waals surface area contributed by atoms with Crippen LogP contribution in [0.2, 0.25) is 0 Å². The van der Waals surface area contributed by atoms with Gasteiger partial charge in [-0.25, -0.2) is 0 Å². The van der Waals surface area contributed by atoms with Gasteiger partial charge < -0.3 is 9.50 Å². The third kappa shape index (κ3) is 5.10. The molecular formula is C17H19NO4S. The highest BCUT2D eigenvalue weighted by Gasteiger charge is 2.18. The maximum atomic E-state index is 12.3. The van der Waals surface area contributed by atoms with E-state index in [4.69, 9.17) is 4.18 Å². The average molecular weight is 333 g/mol. The van der Waals surface area contributed by atoms with Crippen LogP contribution in [0.4, 0.5) is 5.69 Å². The van der Waals surface area contributed by atoms with Crippen molar-refractivity contribution >= 4 is 21.7 Å². The van der Waals surface area contributed by atoms with E-state index in [1.54, 1.807) is 36.4 Å². The molecule has 0 spiro atoms. The average Bonchev–Trinajstić information content (AvgIpc) is 2.54. The molecule has 0 fully saturated rings. The fraction of sp³-hybridized carbons (Fsp3) is 0.235. The Labute approximate surface area is 136 Å². The first kappa shape index (κ1) is 17.0. The van der Waals surface area contributed by atoms with Crippen molar-refractivity contribution in [2.75, 3.05) is 11.1 Å². The van der Waals surface area contributed by atoms with Crippen LogP contribution in [0.3, 0.4) is 0 Å². The Balaban J connectivity index is 2.18. The summed E-state index contributed by atoms with van der Waals surface area (Å²) in [7, 11) is -3.71. The first-order valence-electron chi connectivity index (χ1n) is 7.39. The maximum Gasteiger partial charge on any atom is 0.309 e. The second-order valence-corrected chi connectivity index (χ2v) is 6.71. The standard InChI is InChI=1S/C17H19NO4S/c1-2-3-13-23(20,21)22-16-12-8-7-11-15(16)17(19)18-14-9-5-4-6-10-14/h4-12H,2-3,13H2,1H3,(H,18,19). The Bertz CT molecular complexity index is 757. The van der Waals surface area contributed by atoms with Crippen LogP contribution < -0.4 is 9.50 Å². The maximum absolute atomic E-state index is 12.3. The summed E-state index contributed by atoms with van der Waals surface area (Å²) >= 11 is 0. The van der Waals surface area contributed by atoms with Gasteiger partial charge in [0.2, 0.25) is 0 Å². The monoisotopic (exact) mass is 333 g/mol. The number of amides is 1. The fourth-order valence-electron chi connectivity index (χ4n) is 1.95. The van der Waals surface area contributed by atoms with Crippen molar-refractivity contribution in [2.45, 2.75) is 19.8 Å². The molecule has 0 bridgehead atoms. The van der Waals surface area contributed by atoms with Crippen molar-refractivity contribution in [1.29, 1.82) is 0 Å². The van der Waals surface area contributed by atoms with Crippen molar-refractivity contribution in [3.63, 3.8) is 0 Å². The molecule has 122 valence electrons. The normalized spacial score (nSPS) is 11.0. The van der Waals surface area contributed by atoms with Crippen LogP contribution in [0.1, 0.15) is 30.1 Å².